The Morgan fingerprint density at radius 1 is 1.30 bits per heavy atom. The van der Waals surface area contributed by atoms with Crippen LogP contribution in [0.2, 0.25) is 0 Å². The fraction of sp³-hybridized carbons (Fsp3) is 0.438. The van der Waals surface area contributed by atoms with Gasteiger partial charge in [-0.05, 0) is 24.6 Å². The third-order valence-electron chi connectivity index (χ3n) is 3.30. The van der Waals surface area contributed by atoms with Crippen LogP contribution >= 0.6 is 0 Å². The first-order chi connectivity index (χ1) is 9.74. The van der Waals surface area contributed by atoms with Gasteiger partial charge in [-0.1, -0.05) is 26.0 Å². The second-order valence-electron chi connectivity index (χ2n) is 4.92. The van der Waals surface area contributed by atoms with Crippen molar-refractivity contribution in [2.45, 2.75) is 39.8 Å². The molecule has 4 heteroatoms. The molecule has 0 aliphatic carbocycles. The highest BCUT2D eigenvalue weighted by Crippen LogP contribution is 2.14. The van der Waals surface area contributed by atoms with Gasteiger partial charge in [0.25, 0.3) is 0 Å². The fourth-order valence-corrected chi connectivity index (χ4v) is 2.27. The molecule has 0 spiro atoms. The highest BCUT2D eigenvalue weighted by molar-refractivity contribution is 5.27. The van der Waals surface area contributed by atoms with Crippen LogP contribution in [0.25, 0.3) is 0 Å². The Morgan fingerprint density at radius 3 is 2.90 bits per heavy atom. The lowest BCUT2D eigenvalue weighted by molar-refractivity contribution is 0.592. The van der Waals surface area contributed by atoms with Crippen LogP contribution in [0.15, 0.2) is 30.6 Å². The predicted molar refractivity (Wildman–Crippen MR) is 79.1 cm³/mol. The average molecular weight is 275 g/mol. The Hall–Kier alpha value is -1.68. The number of halogens is 1. The third kappa shape index (κ3) is 3.67. The van der Waals surface area contributed by atoms with E-state index in [0.29, 0.717) is 6.54 Å². The first-order valence-corrected chi connectivity index (χ1v) is 7.22. The van der Waals surface area contributed by atoms with Crippen molar-refractivity contribution in [3.05, 3.63) is 53.4 Å². The number of rotatable bonds is 7. The summed E-state index contributed by atoms with van der Waals surface area (Å²) >= 11 is 0. The van der Waals surface area contributed by atoms with E-state index in [0.717, 1.165) is 42.9 Å². The number of nitrogens with zero attached hydrogens (tertiary/aromatic N) is 2. The van der Waals surface area contributed by atoms with E-state index < -0.39 is 0 Å². The molecule has 0 aliphatic heterocycles. The standard InChI is InChI=1S/C16H22FN3/c1-3-8-20-9-7-19-16(20)11-13-5-6-15(17)14(10-13)12-18-4-2/h5-7,9-10,18H,3-4,8,11-12H2,1-2H3. The highest BCUT2D eigenvalue weighted by atomic mass is 19.1. The maximum Gasteiger partial charge on any atom is 0.127 e. The molecule has 1 N–H and O–H groups in total. The number of benzene rings is 1. The maximum absolute atomic E-state index is 13.7. The summed E-state index contributed by atoms with van der Waals surface area (Å²) in [7, 11) is 0. The number of aromatic nitrogens is 2. The zero-order chi connectivity index (χ0) is 14.4. The Bertz CT molecular complexity index is 548. The van der Waals surface area contributed by atoms with Crippen molar-refractivity contribution in [3.63, 3.8) is 0 Å². The van der Waals surface area contributed by atoms with E-state index in [1.807, 2.05) is 31.5 Å². The topological polar surface area (TPSA) is 29.9 Å². The lowest BCUT2D eigenvalue weighted by Crippen LogP contribution is -2.13. The van der Waals surface area contributed by atoms with Crippen molar-refractivity contribution in [1.29, 1.82) is 0 Å². The summed E-state index contributed by atoms with van der Waals surface area (Å²) in [6.45, 7) is 6.55. The first-order valence-electron chi connectivity index (χ1n) is 7.22. The van der Waals surface area contributed by atoms with Gasteiger partial charge in [-0.15, -0.1) is 0 Å². The minimum atomic E-state index is -0.147. The molecule has 0 amide bonds. The van der Waals surface area contributed by atoms with Crippen LogP contribution in [-0.4, -0.2) is 16.1 Å². The van der Waals surface area contributed by atoms with Gasteiger partial charge < -0.3 is 9.88 Å². The van der Waals surface area contributed by atoms with Gasteiger partial charge >= 0.3 is 0 Å². The van der Waals surface area contributed by atoms with Gasteiger partial charge in [0, 0.05) is 37.5 Å². The molecule has 0 radical (unpaired) electrons. The van der Waals surface area contributed by atoms with E-state index in [9.17, 15) is 4.39 Å². The van der Waals surface area contributed by atoms with Gasteiger partial charge in [-0.3, -0.25) is 0 Å². The van der Waals surface area contributed by atoms with Crippen molar-refractivity contribution < 1.29 is 4.39 Å². The second kappa shape index (κ2) is 7.20. The lowest BCUT2D eigenvalue weighted by atomic mass is 10.1. The van der Waals surface area contributed by atoms with Crippen LogP contribution in [0.4, 0.5) is 4.39 Å². The van der Waals surface area contributed by atoms with Crippen molar-refractivity contribution in [3.8, 4) is 0 Å². The molecule has 1 aromatic carbocycles. The number of hydrogen-bond donors (Lipinski definition) is 1. The molecule has 0 saturated heterocycles. The molecule has 0 atom stereocenters. The summed E-state index contributed by atoms with van der Waals surface area (Å²) < 4.78 is 15.9. The monoisotopic (exact) mass is 275 g/mol. The molecule has 1 heterocycles. The van der Waals surface area contributed by atoms with E-state index in [2.05, 4.69) is 21.8 Å². The van der Waals surface area contributed by atoms with Crippen molar-refractivity contribution in [2.24, 2.45) is 0 Å². The SMILES string of the molecule is CCCn1ccnc1Cc1ccc(F)c(CNCC)c1. The van der Waals surface area contributed by atoms with Gasteiger partial charge in [0.05, 0.1) is 0 Å². The van der Waals surface area contributed by atoms with Crippen LogP contribution in [0.1, 0.15) is 37.2 Å². The van der Waals surface area contributed by atoms with E-state index in [-0.39, 0.29) is 5.82 Å². The average Bonchev–Trinajstić information content (AvgIpc) is 2.87. The zero-order valence-corrected chi connectivity index (χ0v) is 12.2. The molecule has 0 aliphatic rings. The van der Waals surface area contributed by atoms with Gasteiger partial charge in [0.15, 0.2) is 0 Å². The van der Waals surface area contributed by atoms with Crippen LogP contribution in [-0.2, 0) is 19.5 Å². The number of hydrogen-bond acceptors (Lipinski definition) is 2. The summed E-state index contributed by atoms with van der Waals surface area (Å²) in [4.78, 5) is 4.40. The molecule has 1 aromatic heterocycles. The van der Waals surface area contributed by atoms with E-state index in [1.54, 1.807) is 6.07 Å². The molecule has 0 unspecified atom stereocenters. The lowest BCUT2D eigenvalue weighted by Gasteiger charge is -2.09. The maximum atomic E-state index is 13.7. The Morgan fingerprint density at radius 2 is 2.15 bits per heavy atom. The van der Waals surface area contributed by atoms with Crippen LogP contribution in [0.5, 0.6) is 0 Å². The third-order valence-corrected chi connectivity index (χ3v) is 3.30. The van der Waals surface area contributed by atoms with E-state index in [1.165, 1.54) is 0 Å². The molecule has 2 aromatic rings. The van der Waals surface area contributed by atoms with Gasteiger partial charge in [0.2, 0.25) is 0 Å². The summed E-state index contributed by atoms with van der Waals surface area (Å²) in [5.41, 5.74) is 1.82. The van der Waals surface area contributed by atoms with Gasteiger partial charge in [0.1, 0.15) is 11.6 Å². The molecule has 20 heavy (non-hydrogen) atoms. The van der Waals surface area contributed by atoms with Crippen LogP contribution in [0.3, 0.4) is 0 Å². The molecule has 2 rings (SSSR count). The quantitative estimate of drug-likeness (QED) is 0.841. The Kier molecular flexibility index (Phi) is 5.30. The van der Waals surface area contributed by atoms with E-state index >= 15 is 0 Å². The second-order valence-corrected chi connectivity index (χ2v) is 4.92. The summed E-state index contributed by atoms with van der Waals surface area (Å²) in [6.07, 6.45) is 5.65. The Labute approximate surface area is 119 Å². The molecular weight excluding hydrogens is 253 g/mol. The molecule has 3 nitrogen and oxygen atoms in total. The van der Waals surface area contributed by atoms with Gasteiger partial charge in [-0.25, -0.2) is 9.37 Å². The number of nitrogens with one attached hydrogen (secondary N) is 1. The number of aryl methyl sites for hydroxylation is 1. The molecule has 0 bridgehead atoms. The predicted octanol–water partition coefficient (Wildman–Crippen LogP) is 3.13. The normalized spacial score (nSPS) is 10.9. The largest absolute Gasteiger partial charge is 0.335 e. The van der Waals surface area contributed by atoms with E-state index in [4.69, 9.17) is 0 Å². The molecule has 0 saturated carbocycles. The highest BCUT2D eigenvalue weighted by Gasteiger charge is 2.07. The summed E-state index contributed by atoms with van der Waals surface area (Å²) in [5.74, 6) is 0.888. The smallest absolute Gasteiger partial charge is 0.127 e. The van der Waals surface area contributed by atoms with Crippen LogP contribution < -0.4 is 5.32 Å². The van der Waals surface area contributed by atoms with Crippen LogP contribution in [0, 0.1) is 5.82 Å². The minimum absolute atomic E-state index is 0.147. The van der Waals surface area contributed by atoms with Crippen molar-refractivity contribution in [1.82, 2.24) is 14.9 Å². The van der Waals surface area contributed by atoms with Crippen molar-refractivity contribution in [2.75, 3.05) is 6.54 Å². The number of imidazole rings is 1. The van der Waals surface area contributed by atoms with Crippen molar-refractivity contribution >= 4 is 0 Å². The first kappa shape index (κ1) is 14.7. The minimum Gasteiger partial charge on any atom is -0.335 e. The fourth-order valence-electron chi connectivity index (χ4n) is 2.27. The summed E-state index contributed by atoms with van der Waals surface area (Å²) in [5, 5.41) is 3.16. The molecular formula is C16H22FN3. The molecule has 108 valence electrons. The Balaban J connectivity index is 2.14. The zero-order valence-electron chi connectivity index (χ0n) is 12.2. The van der Waals surface area contributed by atoms with Gasteiger partial charge in [-0.2, -0.15) is 0 Å². The molecule has 0 fully saturated rings. The summed E-state index contributed by atoms with van der Waals surface area (Å²) in [6, 6.07) is 5.33.